The molecular formula is C21H38O4. The first-order valence-electron chi connectivity index (χ1n) is 10.0. The standard InChI is InChI=1S/C21H38O4/c1-5-6-7-8-9-10-11-12-13-16-24-20(22)14-15-21(23)25-19(4)17-18(2)3/h14-15,18-19H,5-13,16-17H2,1-4H3/b15-14+. The van der Waals surface area contributed by atoms with Gasteiger partial charge in [-0.25, -0.2) is 9.59 Å². The fourth-order valence-electron chi connectivity index (χ4n) is 2.72. The number of carbonyl (C=O) groups excluding carboxylic acids is 2. The van der Waals surface area contributed by atoms with Crippen LogP contribution in [0.25, 0.3) is 0 Å². The Morgan fingerprint density at radius 2 is 1.32 bits per heavy atom. The van der Waals surface area contributed by atoms with Crippen LogP contribution in [-0.4, -0.2) is 24.6 Å². The molecule has 0 rings (SSSR count). The van der Waals surface area contributed by atoms with Gasteiger partial charge in [0.1, 0.15) is 0 Å². The Kier molecular flexibility index (Phi) is 15.3. The van der Waals surface area contributed by atoms with E-state index in [4.69, 9.17) is 9.47 Å². The Morgan fingerprint density at radius 3 is 1.88 bits per heavy atom. The van der Waals surface area contributed by atoms with Crippen molar-refractivity contribution < 1.29 is 19.1 Å². The van der Waals surface area contributed by atoms with E-state index >= 15 is 0 Å². The molecule has 4 nitrogen and oxygen atoms in total. The number of hydrogen-bond donors (Lipinski definition) is 0. The predicted molar refractivity (Wildman–Crippen MR) is 102 cm³/mol. The third-order valence-electron chi connectivity index (χ3n) is 3.97. The molecule has 0 heterocycles. The van der Waals surface area contributed by atoms with Crippen molar-refractivity contribution in [3.63, 3.8) is 0 Å². The summed E-state index contributed by atoms with van der Waals surface area (Å²) in [6.07, 6.45) is 14.0. The van der Waals surface area contributed by atoms with Crippen LogP contribution in [0.4, 0.5) is 0 Å². The molecule has 0 aliphatic heterocycles. The molecule has 1 atom stereocenters. The van der Waals surface area contributed by atoms with E-state index in [1.165, 1.54) is 44.9 Å². The summed E-state index contributed by atoms with van der Waals surface area (Å²) in [5.74, 6) is -0.505. The van der Waals surface area contributed by atoms with Gasteiger partial charge in [-0.1, -0.05) is 72.1 Å². The second-order valence-corrected chi connectivity index (χ2v) is 7.21. The van der Waals surface area contributed by atoms with Crippen LogP contribution in [0.3, 0.4) is 0 Å². The van der Waals surface area contributed by atoms with Gasteiger partial charge in [-0.05, 0) is 25.7 Å². The van der Waals surface area contributed by atoms with E-state index in [-0.39, 0.29) is 6.10 Å². The molecule has 0 aliphatic rings. The highest BCUT2D eigenvalue weighted by molar-refractivity contribution is 5.91. The van der Waals surface area contributed by atoms with Crippen molar-refractivity contribution >= 4 is 11.9 Å². The molecule has 0 N–H and O–H groups in total. The van der Waals surface area contributed by atoms with Crippen molar-refractivity contribution in [1.29, 1.82) is 0 Å². The number of rotatable bonds is 15. The zero-order valence-corrected chi connectivity index (χ0v) is 16.7. The first-order valence-corrected chi connectivity index (χ1v) is 10.0. The quantitative estimate of drug-likeness (QED) is 0.218. The van der Waals surface area contributed by atoms with Crippen LogP contribution >= 0.6 is 0 Å². The molecule has 0 radical (unpaired) electrons. The lowest BCUT2D eigenvalue weighted by Crippen LogP contribution is -2.15. The van der Waals surface area contributed by atoms with Crippen LogP contribution in [0.15, 0.2) is 12.2 Å². The average molecular weight is 355 g/mol. The number of carbonyl (C=O) groups is 2. The lowest BCUT2D eigenvalue weighted by molar-refractivity contribution is -0.144. The summed E-state index contributed by atoms with van der Waals surface area (Å²) in [6.45, 7) is 8.65. The molecule has 4 heteroatoms. The average Bonchev–Trinajstić information content (AvgIpc) is 2.53. The Balaban J connectivity index is 3.58. The molecular weight excluding hydrogens is 316 g/mol. The van der Waals surface area contributed by atoms with Gasteiger partial charge in [0.2, 0.25) is 0 Å². The Bertz CT molecular complexity index is 374. The second kappa shape index (κ2) is 16.2. The first-order chi connectivity index (χ1) is 12.0. The summed E-state index contributed by atoms with van der Waals surface area (Å²) in [4.78, 5) is 23.1. The topological polar surface area (TPSA) is 52.6 Å². The summed E-state index contributed by atoms with van der Waals surface area (Å²) in [5, 5.41) is 0. The Morgan fingerprint density at radius 1 is 0.800 bits per heavy atom. The lowest BCUT2D eigenvalue weighted by atomic mass is 10.1. The van der Waals surface area contributed by atoms with E-state index in [9.17, 15) is 9.59 Å². The van der Waals surface area contributed by atoms with Gasteiger partial charge >= 0.3 is 11.9 Å². The zero-order chi connectivity index (χ0) is 18.9. The summed E-state index contributed by atoms with van der Waals surface area (Å²) < 4.78 is 10.3. The molecule has 0 amide bonds. The molecule has 0 aromatic heterocycles. The van der Waals surface area contributed by atoms with E-state index in [0.717, 1.165) is 31.4 Å². The van der Waals surface area contributed by atoms with Gasteiger partial charge in [-0.3, -0.25) is 0 Å². The number of unbranched alkanes of at least 4 members (excludes halogenated alkanes) is 8. The molecule has 0 spiro atoms. The van der Waals surface area contributed by atoms with Crippen molar-refractivity contribution in [3.8, 4) is 0 Å². The fourth-order valence-corrected chi connectivity index (χ4v) is 2.72. The molecule has 0 saturated heterocycles. The second-order valence-electron chi connectivity index (χ2n) is 7.21. The molecule has 0 fully saturated rings. The van der Waals surface area contributed by atoms with Crippen LogP contribution in [0.2, 0.25) is 0 Å². The summed E-state index contributed by atoms with van der Waals surface area (Å²) in [5.41, 5.74) is 0. The van der Waals surface area contributed by atoms with Gasteiger partial charge in [0.25, 0.3) is 0 Å². The maximum atomic E-state index is 11.6. The zero-order valence-electron chi connectivity index (χ0n) is 16.7. The third-order valence-corrected chi connectivity index (χ3v) is 3.97. The van der Waals surface area contributed by atoms with E-state index in [1.54, 1.807) is 0 Å². The maximum Gasteiger partial charge on any atom is 0.331 e. The van der Waals surface area contributed by atoms with Gasteiger partial charge < -0.3 is 9.47 Å². The predicted octanol–water partition coefficient (Wildman–Crippen LogP) is 5.59. The number of hydrogen-bond acceptors (Lipinski definition) is 4. The lowest BCUT2D eigenvalue weighted by Gasteiger charge is -2.13. The maximum absolute atomic E-state index is 11.6. The van der Waals surface area contributed by atoms with Gasteiger partial charge in [-0.15, -0.1) is 0 Å². The van der Waals surface area contributed by atoms with Crippen molar-refractivity contribution in [3.05, 3.63) is 12.2 Å². The SMILES string of the molecule is CCCCCCCCCCCOC(=O)/C=C/C(=O)OC(C)CC(C)C. The van der Waals surface area contributed by atoms with Crippen LogP contribution < -0.4 is 0 Å². The first kappa shape index (κ1) is 23.7. The van der Waals surface area contributed by atoms with Crippen LogP contribution in [0.5, 0.6) is 0 Å². The van der Waals surface area contributed by atoms with Gasteiger partial charge in [0.05, 0.1) is 12.7 Å². The van der Waals surface area contributed by atoms with Crippen LogP contribution in [0, 0.1) is 5.92 Å². The van der Waals surface area contributed by atoms with E-state index in [0.29, 0.717) is 12.5 Å². The molecule has 25 heavy (non-hydrogen) atoms. The molecule has 1 unspecified atom stereocenters. The molecule has 0 bridgehead atoms. The minimum absolute atomic E-state index is 0.143. The van der Waals surface area contributed by atoms with Crippen molar-refractivity contribution in [1.82, 2.24) is 0 Å². The van der Waals surface area contributed by atoms with Crippen LogP contribution in [-0.2, 0) is 19.1 Å². The van der Waals surface area contributed by atoms with Crippen molar-refractivity contribution in [2.75, 3.05) is 6.61 Å². The Hall–Kier alpha value is -1.32. The molecule has 146 valence electrons. The molecule has 0 aromatic carbocycles. The van der Waals surface area contributed by atoms with E-state index in [1.807, 2.05) is 6.92 Å². The number of ether oxygens (including phenoxy) is 2. The monoisotopic (exact) mass is 354 g/mol. The molecule has 0 aromatic rings. The normalized spacial score (nSPS) is 12.5. The summed E-state index contributed by atoms with van der Waals surface area (Å²) in [7, 11) is 0. The summed E-state index contributed by atoms with van der Waals surface area (Å²) >= 11 is 0. The minimum Gasteiger partial charge on any atom is -0.463 e. The number of esters is 2. The van der Waals surface area contributed by atoms with Gasteiger partial charge in [0.15, 0.2) is 0 Å². The van der Waals surface area contributed by atoms with E-state index < -0.39 is 11.9 Å². The van der Waals surface area contributed by atoms with E-state index in [2.05, 4.69) is 20.8 Å². The highest BCUT2D eigenvalue weighted by Crippen LogP contribution is 2.10. The molecule has 0 saturated carbocycles. The van der Waals surface area contributed by atoms with Gasteiger partial charge in [0, 0.05) is 12.2 Å². The highest BCUT2D eigenvalue weighted by atomic mass is 16.5. The Labute approximate surface area is 154 Å². The van der Waals surface area contributed by atoms with Crippen molar-refractivity contribution in [2.24, 2.45) is 5.92 Å². The third kappa shape index (κ3) is 17.3. The molecule has 0 aliphatic carbocycles. The smallest absolute Gasteiger partial charge is 0.331 e. The van der Waals surface area contributed by atoms with Crippen LogP contribution in [0.1, 0.15) is 91.9 Å². The van der Waals surface area contributed by atoms with Gasteiger partial charge in [-0.2, -0.15) is 0 Å². The highest BCUT2D eigenvalue weighted by Gasteiger charge is 2.09. The fraction of sp³-hybridized carbons (Fsp3) is 0.810. The minimum atomic E-state index is -0.492. The van der Waals surface area contributed by atoms with Crippen molar-refractivity contribution in [2.45, 2.75) is 98.0 Å². The summed E-state index contributed by atoms with van der Waals surface area (Å²) in [6, 6.07) is 0. The largest absolute Gasteiger partial charge is 0.463 e.